The molecular weight excluding hydrogens is 240 g/mol. The maximum atomic E-state index is 9.18. The van der Waals surface area contributed by atoms with Gasteiger partial charge in [-0.25, -0.2) is 4.98 Å². The van der Waals surface area contributed by atoms with Crippen molar-refractivity contribution in [2.24, 2.45) is 0 Å². The fourth-order valence-corrected chi connectivity index (χ4v) is 2.96. The molecule has 0 aromatic carbocycles. The summed E-state index contributed by atoms with van der Waals surface area (Å²) in [5, 5.41) is 9.18. The molecule has 2 aromatic rings. The van der Waals surface area contributed by atoms with Gasteiger partial charge in [0.05, 0.1) is 18.1 Å². The Kier molecular flexibility index (Phi) is 3.75. The number of hydrogen-bond donors (Lipinski definition) is 1. The van der Waals surface area contributed by atoms with E-state index in [2.05, 4.69) is 19.3 Å². The van der Waals surface area contributed by atoms with Crippen molar-refractivity contribution in [2.75, 3.05) is 13.2 Å². The van der Waals surface area contributed by atoms with Crippen molar-refractivity contribution in [2.45, 2.75) is 38.3 Å². The van der Waals surface area contributed by atoms with Crippen LogP contribution in [0.3, 0.4) is 0 Å². The van der Waals surface area contributed by atoms with Gasteiger partial charge in [-0.3, -0.25) is 14.3 Å². The number of imidazole rings is 1. The highest BCUT2D eigenvalue weighted by molar-refractivity contribution is 5.36. The summed E-state index contributed by atoms with van der Waals surface area (Å²) in [5.41, 5.74) is 2.09. The van der Waals surface area contributed by atoms with Gasteiger partial charge in [-0.05, 0) is 25.8 Å². The lowest BCUT2D eigenvalue weighted by Gasteiger charge is -2.35. The Bertz CT molecular complexity index is 537. The van der Waals surface area contributed by atoms with E-state index in [1.54, 1.807) is 12.4 Å². The average Bonchev–Trinajstić information content (AvgIpc) is 2.85. The van der Waals surface area contributed by atoms with Crippen LogP contribution in [0.5, 0.6) is 0 Å². The van der Waals surface area contributed by atoms with Crippen molar-refractivity contribution < 1.29 is 5.11 Å². The minimum absolute atomic E-state index is 0.276. The summed E-state index contributed by atoms with van der Waals surface area (Å²) in [5.74, 6) is 0. The first-order chi connectivity index (χ1) is 9.38. The van der Waals surface area contributed by atoms with E-state index in [0.29, 0.717) is 6.04 Å². The number of likely N-dealkylation sites (tertiary alicyclic amines) is 1. The molecule has 102 valence electrons. The van der Waals surface area contributed by atoms with Gasteiger partial charge in [0, 0.05) is 31.6 Å². The van der Waals surface area contributed by atoms with E-state index in [4.69, 9.17) is 0 Å². The second-order valence-electron chi connectivity index (χ2n) is 5.19. The van der Waals surface area contributed by atoms with Gasteiger partial charge in [0.2, 0.25) is 0 Å². The number of fused-ring (bicyclic) bond motifs is 1. The molecule has 1 aliphatic heterocycles. The largest absolute Gasteiger partial charge is 0.396 e. The molecule has 5 heteroatoms. The highest BCUT2D eigenvalue weighted by atomic mass is 16.3. The fourth-order valence-electron chi connectivity index (χ4n) is 2.96. The van der Waals surface area contributed by atoms with Crippen molar-refractivity contribution in [1.82, 2.24) is 19.3 Å². The second kappa shape index (κ2) is 5.67. The molecular formula is C14H20N4O. The molecule has 0 amide bonds. The Balaban J connectivity index is 1.79. The van der Waals surface area contributed by atoms with Crippen LogP contribution in [-0.2, 0) is 6.54 Å². The van der Waals surface area contributed by atoms with Crippen LogP contribution >= 0.6 is 0 Å². The van der Waals surface area contributed by atoms with Gasteiger partial charge in [0.1, 0.15) is 0 Å². The molecule has 1 saturated heterocycles. The predicted octanol–water partition coefficient (Wildman–Crippen LogP) is 1.47. The molecule has 5 nitrogen and oxygen atoms in total. The molecule has 0 radical (unpaired) electrons. The maximum Gasteiger partial charge on any atom is 0.155 e. The first kappa shape index (κ1) is 12.6. The van der Waals surface area contributed by atoms with E-state index < -0.39 is 0 Å². The smallest absolute Gasteiger partial charge is 0.155 e. The zero-order valence-electron chi connectivity index (χ0n) is 11.1. The first-order valence-corrected chi connectivity index (χ1v) is 6.99. The lowest BCUT2D eigenvalue weighted by molar-refractivity contribution is 0.111. The minimum atomic E-state index is 0.276. The molecule has 0 bridgehead atoms. The average molecular weight is 260 g/mol. The van der Waals surface area contributed by atoms with Crippen LogP contribution < -0.4 is 0 Å². The first-order valence-electron chi connectivity index (χ1n) is 6.99. The molecule has 1 unspecified atom stereocenters. The van der Waals surface area contributed by atoms with Crippen LogP contribution in [0.4, 0.5) is 0 Å². The second-order valence-corrected chi connectivity index (χ2v) is 5.19. The number of nitrogens with zero attached hydrogens (tertiary/aromatic N) is 4. The van der Waals surface area contributed by atoms with Gasteiger partial charge >= 0.3 is 0 Å². The van der Waals surface area contributed by atoms with E-state index in [9.17, 15) is 5.11 Å². The molecule has 0 spiro atoms. The quantitative estimate of drug-likeness (QED) is 0.904. The zero-order chi connectivity index (χ0) is 13.1. The molecule has 19 heavy (non-hydrogen) atoms. The predicted molar refractivity (Wildman–Crippen MR) is 72.7 cm³/mol. The van der Waals surface area contributed by atoms with Crippen LogP contribution in [0.1, 0.15) is 31.4 Å². The van der Waals surface area contributed by atoms with Gasteiger partial charge in [-0.2, -0.15) is 0 Å². The molecule has 0 saturated carbocycles. The summed E-state index contributed by atoms with van der Waals surface area (Å²) in [7, 11) is 0. The Labute approximate surface area is 112 Å². The van der Waals surface area contributed by atoms with Crippen molar-refractivity contribution in [3.63, 3.8) is 0 Å². The molecule has 3 rings (SSSR count). The number of aromatic nitrogens is 3. The number of aliphatic hydroxyl groups excluding tert-OH is 1. The number of piperidine rings is 1. The summed E-state index contributed by atoms with van der Waals surface area (Å²) in [6.07, 6.45) is 12.1. The van der Waals surface area contributed by atoms with Crippen molar-refractivity contribution in [1.29, 1.82) is 0 Å². The normalized spacial score (nSPS) is 21.0. The highest BCUT2D eigenvalue weighted by Gasteiger charge is 2.22. The topological polar surface area (TPSA) is 53.7 Å². The number of aliphatic hydroxyl groups is 1. The monoisotopic (exact) mass is 260 g/mol. The molecule has 1 atom stereocenters. The third-order valence-corrected chi connectivity index (χ3v) is 3.97. The van der Waals surface area contributed by atoms with Gasteiger partial charge < -0.3 is 5.11 Å². The zero-order valence-corrected chi connectivity index (χ0v) is 11.1. The number of hydrogen-bond acceptors (Lipinski definition) is 4. The third kappa shape index (κ3) is 2.62. The van der Waals surface area contributed by atoms with Crippen LogP contribution in [0, 0.1) is 0 Å². The van der Waals surface area contributed by atoms with E-state index in [1.165, 1.54) is 25.0 Å². The molecule has 2 aromatic heterocycles. The molecule has 3 heterocycles. The van der Waals surface area contributed by atoms with E-state index in [1.807, 2.05) is 12.4 Å². The van der Waals surface area contributed by atoms with Crippen LogP contribution in [0.2, 0.25) is 0 Å². The Hall–Kier alpha value is -1.46. The Morgan fingerprint density at radius 1 is 1.32 bits per heavy atom. The van der Waals surface area contributed by atoms with E-state index in [0.717, 1.165) is 25.2 Å². The van der Waals surface area contributed by atoms with Crippen molar-refractivity contribution >= 4 is 5.65 Å². The van der Waals surface area contributed by atoms with Crippen LogP contribution in [0.25, 0.3) is 5.65 Å². The highest BCUT2D eigenvalue weighted by Crippen LogP contribution is 2.22. The summed E-state index contributed by atoms with van der Waals surface area (Å²) in [4.78, 5) is 10.9. The fraction of sp³-hybridized carbons (Fsp3) is 0.571. The van der Waals surface area contributed by atoms with Crippen LogP contribution in [0.15, 0.2) is 24.8 Å². The molecule has 1 aliphatic rings. The summed E-state index contributed by atoms with van der Waals surface area (Å²) in [6, 6.07) is 0.506. The molecule has 1 fully saturated rings. The van der Waals surface area contributed by atoms with Crippen molar-refractivity contribution in [3.05, 3.63) is 30.5 Å². The Morgan fingerprint density at radius 2 is 2.26 bits per heavy atom. The third-order valence-electron chi connectivity index (χ3n) is 3.97. The lowest BCUT2D eigenvalue weighted by Crippen LogP contribution is -2.39. The summed E-state index contributed by atoms with van der Waals surface area (Å²) in [6.45, 7) is 2.29. The number of rotatable bonds is 4. The molecule has 0 aliphatic carbocycles. The SMILES string of the molecule is OCCC1CCCCN1Cc1cnc2cnccn12. The van der Waals surface area contributed by atoms with Gasteiger partial charge in [0.25, 0.3) is 0 Å². The lowest BCUT2D eigenvalue weighted by atomic mass is 9.99. The summed E-state index contributed by atoms with van der Waals surface area (Å²) >= 11 is 0. The van der Waals surface area contributed by atoms with Crippen molar-refractivity contribution in [3.8, 4) is 0 Å². The van der Waals surface area contributed by atoms with Gasteiger partial charge in [-0.1, -0.05) is 6.42 Å². The van der Waals surface area contributed by atoms with Crippen LogP contribution in [-0.4, -0.2) is 43.6 Å². The Morgan fingerprint density at radius 3 is 3.16 bits per heavy atom. The summed E-state index contributed by atoms with van der Waals surface area (Å²) < 4.78 is 2.09. The minimum Gasteiger partial charge on any atom is -0.396 e. The maximum absolute atomic E-state index is 9.18. The van der Waals surface area contributed by atoms with E-state index >= 15 is 0 Å². The standard InChI is InChI=1S/C14H20N4O/c19-8-4-12-3-1-2-6-17(12)11-13-9-16-14-10-15-5-7-18(13)14/h5,7,9-10,12,19H,1-4,6,8,11H2. The van der Waals surface area contributed by atoms with Gasteiger partial charge in [0.15, 0.2) is 5.65 Å². The van der Waals surface area contributed by atoms with E-state index in [-0.39, 0.29) is 6.61 Å². The molecule has 1 N–H and O–H groups in total. The van der Waals surface area contributed by atoms with Gasteiger partial charge in [-0.15, -0.1) is 0 Å².